The quantitative estimate of drug-likeness (QED) is 0.830. The van der Waals surface area contributed by atoms with Crippen molar-refractivity contribution in [3.8, 4) is 11.4 Å². The van der Waals surface area contributed by atoms with Crippen LogP contribution < -0.4 is 5.32 Å². The van der Waals surface area contributed by atoms with Crippen molar-refractivity contribution < 1.29 is 0 Å². The Hall–Kier alpha value is -1.68. The minimum absolute atomic E-state index is 0.421. The van der Waals surface area contributed by atoms with Crippen LogP contribution in [0.15, 0.2) is 30.6 Å². The van der Waals surface area contributed by atoms with E-state index in [1.165, 1.54) is 0 Å². The second-order valence-corrected chi connectivity index (χ2v) is 3.56. The Labute approximate surface area is 98.7 Å². The number of pyridine rings is 1. The van der Waals surface area contributed by atoms with Crippen LogP contribution in [0.2, 0.25) is 5.15 Å². The van der Waals surface area contributed by atoms with E-state index in [4.69, 9.17) is 11.6 Å². The van der Waals surface area contributed by atoms with Crippen molar-refractivity contribution in [2.45, 2.75) is 6.92 Å². The van der Waals surface area contributed by atoms with Crippen molar-refractivity contribution in [1.82, 2.24) is 15.0 Å². The van der Waals surface area contributed by atoms with Gasteiger partial charge in [-0.15, -0.1) is 0 Å². The van der Waals surface area contributed by atoms with E-state index >= 15 is 0 Å². The molecule has 5 heteroatoms. The fourth-order valence-electron chi connectivity index (χ4n) is 1.31. The number of hydrogen-bond donors (Lipinski definition) is 1. The highest BCUT2D eigenvalue weighted by Gasteiger charge is 2.04. The van der Waals surface area contributed by atoms with Gasteiger partial charge in [0.2, 0.25) is 0 Å². The molecule has 0 bridgehead atoms. The summed E-state index contributed by atoms with van der Waals surface area (Å²) in [6.45, 7) is 2.79. The Morgan fingerprint density at radius 3 is 2.94 bits per heavy atom. The third kappa shape index (κ3) is 2.46. The number of rotatable bonds is 3. The maximum Gasteiger partial charge on any atom is 0.164 e. The molecule has 0 saturated carbocycles. The van der Waals surface area contributed by atoms with Crippen LogP contribution in [0.25, 0.3) is 11.4 Å². The molecule has 82 valence electrons. The SMILES string of the molecule is CCNc1cc(Cl)nc(-c2cccnc2)n1. The van der Waals surface area contributed by atoms with Crippen molar-refractivity contribution in [1.29, 1.82) is 0 Å². The van der Waals surface area contributed by atoms with E-state index < -0.39 is 0 Å². The molecule has 2 aromatic rings. The van der Waals surface area contributed by atoms with Gasteiger partial charge in [-0.3, -0.25) is 4.98 Å². The average Bonchev–Trinajstić information content (AvgIpc) is 2.30. The van der Waals surface area contributed by atoms with Crippen LogP contribution in [-0.4, -0.2) is 21.5 Å². The predicted molar refractivity (Wildman–Crippen MR) is 64.4 cm³/mol. The summed E-state index contributed by atoms with van der Waals surface area (Å²) < 4.78 is 0. The zero-order valence-electron chi connectivity index (χ0n) is 8.81. The van der Waals surface area contributed by atoms with Gasteiger partial charge in [-0.05, 0) is 19.1 Å². The molecule has 0 spiro atoms. The highest BCUT2D eigenvalue weighted by Crippen LogP contribution is 2.19. The van der Waals surface area contributed by atoms with Gasteiger partial charge < -0.3 is 5.32 Å². The molecule has 0 fully saturated rings. The lowest BCUT2D eigenvalue weighted by molar-refractivity contribution is 1.11. The second-order valence-electron chi connectivity index (χ2n) is 3.17. The molecular formula is C11H11ClN4. The van der Waals surface area contributed by atoms with Crippen molar-refractivity contribution in [2.24, 2.45) is 0 Å². The van der Waals surface area contributed by atoms with Crippen molar-refractivity contribution in [2.75, 3.05) is 11.9 Å². The zero-order valence-corrected chi connectivity index (χ0v) is 9.57. The van der Waals surface area contributed by atoms with E-state index in [2.05, 4.69) is 20.3 Å². The number of nitrogens with one attached hydrogen (secondary N) is 1. The first kappa shape index (κ1) is 10.8. The van der Waals surface area contributed by atoms with Crippen molar-refractivity contribution >= 4 is 17.4 Å². The normalized spacial score (nSPS) is 10.1. The summed E-state index contributed by atoms with van der Waals surface area (Å²) in [5.74, 6) is 1.30. The van der Waals surface area contributed by atoms with Gasteiger partial charge in [0.15, 0.2) is 5.82 Å². The molecule has 0 atom stereocenters. The number of nitrogens with zero attached hydrogens (tertiary/aromatic N) is 3. The zero-order chi connectivity index (χ0) is 11.4. The van der Waals surface area contributed by atoms with E-state index in [9.17, 15) is 0 Å². The lowest BCUT2D eigenvalue weighted by atomic mass is 10.3. The third-order valence-electron chi connectivity index (χ3n) is 1.97. The number of aromatic nitrogens is 3. The Bertz CT molecular complexity index is 473. The first-order chi connectivity index (χ1) is 7.79. The van der Waals surface area contributed by atoms with Crippen LogP contribution in [0.4, 0.5) is 5.82 Å². The third-order valence-corrected chi connectivity index (χ3v) is 2.17. The maximum atomic E-state index is 5.92. The first-order valence-electron chi connectivity index (χ1n) is 4.98. The van der Waals surface area contributed by atoms with Crippen LogP contribution in [0.1, 0.15) is 6.92 Å². The summed E-state index contributed by atoms with van der Waals surface area (Å²) in [7, 11) is 0. The standard InChI is InChI=1S/C11H11ClN4/c1-2-14-10-6-9(12)15-11(16-10)8-4-3-5-13-7-8/h3-7H,2H2,1H3,(H,14,15,16). The first-order valence-corrected chi connectivity index (χ1v) is 5.36. The Morgan fingerprint density at radius 1 is 1.38 bits per heavy atom. The molecular weight excluding hydrogens is 224 g/mol. The lowest BCUT2D eigenvalue weighted by Crippen LogP contribution is -2.01. The molecule has 0 amide bonds. The van der Waals surface area contributed by atoms with E-state index in [0.717, 1.165) is 17.9 Å². The van der Waals surface area contributed by atoms with Gasteiger partial charge in [0.25, 0.3) is 0 Å². The maximum absolute atomic E-state index is 5.92. The minimum Gasteiger partial charge on any atom is -0.370 e. The van der Waals surface area contributed by atoms with Gasteiger partial charge in [0.1, 0.15) is 11.0 Å². The van der Waals surface area contributed by atoms with E-state index in [1.807, 2.05) is 19.1 Å². The van der Waals surface area contributed by atoms with Crippen LogP contribution in [0.5, 0.6) is 0 Å². The summed E-state index contributed by atoms with van der Waals surface area (Å²) in [5, 5.41) is 3.52. The highest BCUT2D eigenvalue weighted by atomic mass is 35.5. The van der Waals surface area contributed by atoms with Crippen molar-refractivity contribution in [3.63, 3.8) is 0 Å². The predicted octanol–water partition coefficient (Wildman–Crippen LogP) is 2.62. The molecule has 4 nitrogen and oxygen atoms in total. The van der Waals surface area contributed by atoms with Gasteiger partial charge in [0, 0.05) is 30.6 Å². The second kappa shape index (κ2) is 4.90. The molecule has 0 unspecified atom stereocenters. The lowest BCUT2D eigenvalue weighted by Gasteiger charge is -2.05. The monoisotopic (exact) mass is 234 g/mol. The molecule has 0 radical (unpaired) electrons. The molecule has 2 heterocycles. The molecule has 0 saturated heterocycles. The molecule has 0 aliphatic heterocycles. The topological polar surface area (TPSA) is 50.7 Å². The molecule has 1 N–H and O–H groups in total. The van der Waals surface area contributed by atoms with Crippen LogP contribution >= 0.6 is 11.6 Å². The van der Waals surface area contributed by atoms with Gasteiger partial charge in [-0.2, -0.15) is 0 Å². The molecule has 0 aromatic carbocycles. The molecule has 2 aromatic heterocycles. The van der Waals surface area contributed by atoms with E-state index in [0.29, 0.717) is 11.0 Å². The molecule has 0 aliphatic carbocycles. The number of hydrogen-bond acceptors (Lipinski definition) is 4. The summed E-state index contributed by atoms with van der Waals surface area (Å²) in [5.41, 5.74) is 0.851. The summed E-state index contributed by atoms with van der Waals surface area (Å²) in [6, 6.07) is 5.44. The van der Waals surface area contributed by atoms with Crippen molar-refractivity contribution in [3.05, 3.63) is 35.7 Å². The summed E-state index contributed by atoms with van der Waals surface area (Å²) >= 11 is 5.92. The summed E-state index contributed by atoms with van der Waals surface area (Å²) in [6.07, 6.45) is 3.42. The molecule has 2 rings (SSSR count). The fraction of sp³-hybridized carbons (Fsp3) is 0.182. The van der Waals surface area contributed by atoms with Crippen LogP contribution in [0, 0.1) is 0 Å². The Balaban J connectivity index is 2.41. The smallest absolute Gasteiger partial charge is 0.164 e. The van der Waals surface area contributed by atoms with Crippen LogP contribution in [0.3, 0.4) is 0 Å². The Morgan fingerprint density at radius 2 is 2.25 bits per heavy atom. The molecule has 16 heavy (non-hydrogen) atoms. The highest BCUT2D eigenvalue weighted by molar-refractivity contribution is 6.29. The number of anilines is 1. The van der Waals surface area contributed by atoms with E-state index in [1.54, 1.807) is 18.5 Å². The Kier molecular flexibility index (Phi) is 3.31. The van der Waals surface area contributed by atoms with Gasteiger partial charge >= 0.3 is 0 Å². The van der Waals surface area contributed by atoms with Gasteiger partial charge in [-0.25, -0.2) is 9.97 Å². The minimum atomic E-state index is 0.421. The number of halogens is 1. The molecule has 0 aliphatic rings. The van der Waals surface area contributed by atoms with Gasteiger partial charge in [-0.1, -0.05) is 11.6 Å². The van der Waals surface area contributed by atoms with Crippen LogP contribution in [-0.2, 0) is 0 Å². The average molecular weight is 235 g/mol. The van der Waals surface area contributed by atoms with Gasteiger partial charge in [0.05, 0.1) is 0 Å². The largest absolute Gasteiger partial charge is 0.370 e. The fourth-order valence-corrected chi connectivity index (χ4v) is 1.50. The van der Waals surface area contributed by atoms with E-state index in [-0.39, 0.29) is 0 Å². The summed E-state index contributed by atoms with van der Waals surface area (Å²) in [4.78, 5) is 12.5.